The van der Waals surface area contributed by atoms with E-state index >= 15 is 0 Å². The molecular weight excluding hydrogens is 516 g/mol. The van der Waals surface area contributed by atoms with Crippen LogP contribution < -0.4 is 0 Å². The SMILES string of the molecule is COC(=O)c1ccc2c(c1)CCCC(c1ccc(F)cc1Cl)=C2c1ccc(/C=C2/CCN(CCCF)C2)cc1. The fourth-order valence-corrected chi connectivity index (χ4v) is 5.97. The van der Waals surface area contributed by atoms with Crippen LogP contribution in [0.2, 0.25) is 5.02 Å². The molecule has 3 aromatic rings. The Morgan fingerprint density at radius 3 is 2.56 bits per heavy atom. The molecule has 3 aromatic carbocycles. The molecule has 1 saturated heterocycles. The minimum Gasteiger partial charge on any atom is -0.465 e. The van der Waals surface area contributed by atoms with Gasteiger partial charge in [-0.3, -0.25) is 9.29 Å². The first kappa shape index (κ1) is 27.3. The highest BCUT2D eigenvalue weighted by Gasteiger charge is 2.23. The number of esters is 1. The van der Waals surface area contributed by atoms with E-state index in [2.05, 4.69) is 35.2 Å². The maximum absolute atomic E-state index is 13.9. The summed E-state index contributed by atoms with van der Waals surface area (Å²) < 4.78 is 31.4. The summed E-state index contributed by atoms with van der Waals surface area (Å²) in [4.78, 5) is 14.5. The summed E-state index contributed by atoms with van der Waals surface area (Å²) >= 11 is 6.58. The van der Waals surface area contributed by atoms with Gasteiger partial charge in [0.25, 0.3) is 0 Å². The zero-order chi connectivity index (χ0) is 27.4. The largest absolute Gasteiger partial charge is 0.465 e. The van der Waals surface area contributed by atoms with Crippen LogP contribution in [0.25, 0.3) is 17.2 Å². The maximum Gasteiger partial charge on any atom is 0.337 e. The number of methoxy groups -OCH3 is 1. The fraction of sp³-hybridized carbons (Fsp3) is 0.303. The fourth-order valence-electron chi connectivity index (χ4n) is 5.69. The van der Waals surface area contributed by atoms with E-state index in [9.17, 15) is 13.6 Å². The quantitative estimate of drug-likeness (QED) is 0.281. The first-order valence-electron chi connectivity index (χ1n) is 13.4. The lowest BCUT2D eigenvalue weighted by Gasteiger charge is -2.18. The van der Waals surface area contributed by atoms with Gasteiger partial charge in [-0.1, -0.05) is 59.6 Å². The highest BCUT2D eigenvalue weighted by Crippen LogP contribution is 2.42. The van der Waals surface area contributed by atoms with Crippen LogP contribution >= 0.6 is 11.6 Å². The van der Waals surface area contributed by atoms with Crippen molar-refractivity contribution < 1.29 is 18.3 Å². The van der Waals surface area contributed by atoms with Crippen molar-refractivity contribution in [2.75, 3.05) is 33.4 Å². The number of halogens is 3. The average molecular weight is 548 g/mol. The van der Waals surface area contributed by atoms with Gasteiger partial charge in [0.15, 0.2) is 0 Å². The number of nitrogens with zero attached hydrogens (tertiary/aromatic N) is 1. The Labute approximate surface area is 233 Å². The molecule has 39 heavy (non-hydrogen) atoms. The van der Waals surface area contributed by atoms with Gasteiger partial charge in [-0.2, -0.15) is 0 Å². The summed E-state index contributed by atoms with van der Waals surface area (Å²) in [6, 6.07) is 18.8. The molecule has 1 heterocycles. The molecule has 0 aromatic heterocycles. The van der Waals surface area contributed by atoms with Crippen LogP contribution in [0.1, 0.15) is 63.9 Å². The van der Waals surface area contributed by atoms with Crippen molar-refractivity contribution in [1.29, 1.82) is 0 Å². The van der Waals surface area contributed by atoms with Crippen molar-refractivity contribution in [2.45, 2.75) is 32.1 Å². The van der Waals surface area contributed by atoms with Crippen molar-refractivity contribution >= 4 is 34.8 Å². The van der Waals surface area contributed by atoms with Crippen LogP contribution in [0.15, 0.2) is 66.2 Å². The number of ether oxygens (including phenoxy) is 1. The molecule has 0 unspecified atom stereocenters. The van der Waals surface area contributed by atoms with Gasteiger partial charge in [0.2, 0.25) is 0 Å². The van der Waals surface area contributed by atoms with Crippen LogP contribution in [-0.2, 0) is 11.2 Å². The number of hydrogen-bond acceptors (Lipinski definition) is 3. The Balaban J connectivity index is 1.56. The van der Waals surface area contributed by atoms with Crippen LogP contribution in [0, 0.1) is 5.82 Å². The predicted molar refractivity (Wildman–Crippen MR) is 154 cm³/mol. The number of rotatable bonds is 7. The molecule has 0 amide bonds. The molecule has 1 fully saturated rings. The monoisotopic (exact) mass is 547 g/mol. The van der Waals surface area contributed by atoms with Crippen LogP contribution in [0.3, 0.4) is 0 Å². The van der Waals surface area contributed by atoms with Gasteiger partial charge >= 0.3 is 5.97 Å². The van der Waals surface area contributed by atoms with Crippen LogP contribution in [-0.4, -0.2) is 44.3 Å². The van der Waals surface area contributed by atoms with Crippen molar-refractivity contribution in [2.24, 2.45) is 0 Å². The van der Waals surface area contributed by atoms with Crippen molar-refractivity contribution in [3.05, 3.63) is 110 Å². The van der Waals surface area contributed by atoms with E-state index in [1.54, 1.807) is 12.1 Å². The number of fused-ring (bicyclic) bond motifs is 1. The predicted octanol–water partition coefficient (Wildman–Crippen LogP) is 8.01. The molecule has 0 spiro atoms. The summed E-state index contributed by atoms with van der Waals surface area (Å²) in [7, 11) is 1.39. The van der Waals surface area contributed by atoms with Gasteiger partial charge in [0.05, 0.1) is 24.4 Å². The van der Waals surface area contributed by atoms with Gasteiger partial charge in [0, 0.05) is 19.6 Å². The van der Waals surface area contributed by atoms with Crippen molar-refractivity contribution in [3.63, 3.8) is 0 Å². The van der Waals surface area contributed by atoms with Gasteiger partial charge in [-0.15, -0.1) is 0 Å². The topological polar surface area (TPSA) is 29.5 Å². The number of hydrogen-bond donors (Lipinski definition) is 0. The Morgan fingerprint density at radius 2 is 1.82 bits per heavy atom. The number of carbonyl (C=O) groups is 1. The highest BCUT2D eigenvalue weighted by atomic mass is 35.5. The lowest BCUT2D eigenvalue weighted by atomic mass is 9.87. The van der Waals surface area contributed by atoms with E-state index in [0.717, 1.165) is 84.3 Å². The molecule has 1 aliphatic heterocycles. The molecular formula is C33H32ClF2NO2. The second kappa shape index (κ2) is 12.3. The van der Waals surface area contributed by atoms with E-state index in [0.29, 0.717) is 17.0 Å². The van der Waals surface area contributed by atoms with E-state index in [1.807, 2.05) is 12.1 Å². The number of allylic oxidation sites excluding steroid dienone is 1. The lowest BCUT2D eigenvalue weighted by molar-refractivity contribution is 0.0600. The molecule has 0 N–H and O–H groups in total. The number of aryl methyl sites for hydroxylation is 1. The second-order valence-electron chi connectivity index (χ2n) is 10.2. The molecule has 0 saturated carbocycles. The first-order chi connectivity index (χ1) is 19.0. The van der Waals surface area contributed by atoms with Crippen molar-refractivity contribution in [3.8, 4) is 0 Å². The highest BCUT2D eigenvalue weighted by molar-refractivity contribution is 6.32. The van der Waals surface area contributed by atoms with Crippen molar-refractivity contribution in [1.82, 2.24) is 4.90 Å². The summed E-state index contributed by atoms with van der Waals surface area (Å²) in [5.74, 6) is -0.725. The summed E-state index contributed by atoms with van der Waals surface area (Å²) in [6.07, 6.45) is 6.25. The molecule has 0 radical (unpaired) electrons. The zero-order valence-corrected chi connectivity index (χ0v) is 22.9. The van der Waals surface area contributed by atoms with E-state index in [4.69, 9.17) is 16.3 Å². The van der Waals surface area contributed by atoms with Gasteiger partial charge in [0.1, 0.15) is 5.82 Å². The molecule has 0 atom stereocenters. The number of benzene rings is 3. The Kier molecular flexibility index (Phi) is 8.59. The smallest absolute Gasteiger partial charge is 0.337 e. The molecule has 5 rings (SSSR count). The molecule has 202 valence electrons. The van der Waals surface area contributed by atoms with E-state index < -0.39 is 0 Å². The third-order valence-corrected chi connectivity index (χ3v) is 7.89. The molecule has 1 aliphatic carbocycles. The molecule has 3 nitrogen and oxygen atoms in total. The normalized spacial score (nSPS) is 16.9. The van der Waals surface area contributed by atoms with Crippen LogP contribution in [0.5, 0.6) is 0 Å². The summed E-state index contributed by atoms with van der Waals surface area (Å²) in [5.41, 5.74) is 9.10. The lowest BCUT2D eigenvalue weighted by Crippen LogP contribution is -2.20. The Bertz CT molecular complexity index is 1430. The summed E-state index contributed by atoms with van der Waals surface area (Å²) in [6.45, 7) is 2.39. The van der Waals surface area contributed by atoms with E-state index in [-0.39, 0.29) is 18.5 Å². The van der Waals surface area contributed by atoms with E-state index in [1.165, 1.54) is 24.8 Å². The minimum atomic E-state index is -0.366. The molecule has 6 heteroatoms. The Morgan fingerprint density at radius 1 is 1.03 bits per heavy atom. The van der Waals surface area contributed by atoms with Gasteiger partial charge < -0.3 is 4.74 Å². The number of carbonyl (C=O) groups excluding carboxylic acids is 1. The zero-order valence-electron chi connectivity index (χ0n) is 22.1. The molecule has 0 bridgehead atoms. The first-order valence-corrected chi connectivity index (χ1v) is 13.8. The second-order valence-corrected chi connectivity index (χ2v) is 10.6. The minimum absolute atomic E-state index is 0.273. The summed E-state index contributed by atoms with van der Waals surface area (Å²) in [5, 5.41) is 0.386. The Hall–Kier alpha value is -3.28. The van der Waals surface area contributed by atoms with Gasteiger partial charge in [-0.05, 0) is 95.3 Å². The molecule has 2 aliphatic rings. The average Bonchev–Trinajstić information content (AvgIpc) is 3.30. The number of alkyl halides is 1. The van der Waals surface area contributed by atoms with Crippen LogP contribution in [0.4, 0.5) is 8.78 Å². The third kappa shape index (κ3) is 6.15. The maximum atomic E-state index is 13.9. The third-order valence-electron chi connectivity index (χ3n) is 7.58. The standard InChI is InChI=1S/C33H32ClF2NO2/c1-39-33(38)26-10-12-28-25(19-26)4-2-5-30(29-13-11-27(36)20-31(29)34)32(28)24-8-6-22(7-9-24)18-23-14-17-37(21-23)16-3-15-35/h6-13,18-20H,2-5,14-17,21H2,1H3/b23-18-. The number of likely N-dealkylation sites (tertiary alicyclic amines) is 1. The van der Waals surface area contributed by atoms with Gasteiger partial charge in [-0.25, -0.2) is 9.18 Å².